The van der Waals surface area contributed by atoms with E-state index in [0.29, 0.717) is 10.8 Å². The highest BCUT2D eigenvalue weighted by Gasteiger charge is 2.16. The summed E-state index contributed by atoms with van der Waals surface area (Å²) in [5.41, 5.74) is 4.21. The summed E-state index contributed by atoms with van der Waals surface area (Å²) in [4.78, 5) is 16.6. The molecule has 4 nitrogen and oxygen atoms in total. The third-order valence-corrected chi connectivity index (χ3v) is 5.15. The third kappa shape index (κ3) is 4.93. The minimum Gasteiger partial charge on any atom is -0.353 e. The molecule has 0 aliphatic heterocycles. The van der Waals surface area contributed by atoms with Crippen LogP contribution < -0.4 is 5.32 Å². The standard InChI is InChI=1S/C21H22ClN3OS/c1-14(2)24-20(26)13-27-21-23-12-19(16-6-4-15(3)5-7-16)25(21)18-10-8-17(22)9-11-18/h4-12,14H,13H2,1-3H3,(H,24,26). The van der Waals surface area contributed by atoms with Gasteiger partial charge in [-0.3, -0.25) is 9.36 Å². The fraction of sp³-hybridized carbons (Fsp3) is 0.238. The number of hydrogen-bond donors (Lipinski definition) is 1. The van der Waals surface area contributed by atoms with Gasteiger partial charge in [0.15, 0.2) is 5.16 Å². The second kappa shape index (κ2) is 8.63. The maximum absolute atomic E-state index is 12.0. The fourth-order valence-electron chi connectivity index (χ4n) is 2.70. The predicted octanol–water partition coefficient (Wildman–Crippen LogP) is 5.12. The number of hydrogen-bond acceptors (Lipinski definition) is 3. The van der Waals surface area contributed by atoms with Crippen molar-refractivity contribution < 1.29 is 4.79 Å². The number of carbonyl (C=O) groups excluding carboxylic acids is 1. The highest BCUT2D eigenvalue weighted by Crippen LogP contribution is 2.30. The number of thioether (sulfide) groups is 1. The zero-order valence-electron chi connectivity index (χ0n) is 15.6. The minimum atomic E-state index is -0.00228. The van der Waals surface area contributed by atoms with Gasteiger partial charge in [0.05, 0.1) is 17.6 Å². The van der Waals surface area contributed by atoms with E-state index < -0.39 is 0 Å². The normalized spacial score (nSPS) is 11.0. The van der Waals surface area contributed by atoms with Gasteiger partial charge in [-0.1, -0.05) is 53.2 Å². The smallest absolute Gasteiger partial charge is 0.230 e. The Hall–Kier alpha value is -2.24. The lowest BCUT2D eigenvalue weighted by Gasteiger charge is -2.13. The SMILES string of the molecule is Cc1ccc(-c2cnc(SCC(=O)NC(C)C)n2-c2ccc(Cl)cc2)cc1. The second-order valence-electron chi connectivity index (χ2n) is 6.61. The summed E-state index contributed by atoms with van der Waals surface area (Å²) < 4.78 is 2.06. The molecule has 0 saturated carbocycles. The average molecular weight is 400 g/mol. The number of imidazole rings is 1. The molecule has 140 valence electrons. The van der Waals surface area contributed by atoms with Crippen LogP contribution in [0.5, 0.6) is 0 Å². The monoisotopic (exact) mass is 399 g/mol. The van der Waals surface area contributed by atoms with E-state index in [4.69, 9.17) is 11.6 Å². The van der Waals surface area contributed by atoms with Crippen molar-refractivity contribution >= 4 is 29.3 Å². The molecular formula is C21H22ClN3OS. The number of aryl methyl sites for hydroxylation is 1. The third-order valence-electron chi connectivity index (χ3n) is 3.94. The number of nitrogens with zero attached hydrogens (tertiary/aromatic N) is 2. The summed E-state index contributed by atoms with van der Waals surface area (Å²) in [7, 11) is 0. The molecule has 0 radical (unpaired) electrons. The van der Waals surface area contributed by atoms with Crippen LogP contribution in [-0.4, -0.2) is 27.3 Å². The van der Waals surface area contributed by atoms with Crippen LogP contribution in [0.2, 0.25) is 5.02 Å². The van der Waals surface area contributed by atoms with Crippen LogP contribution in [0.4, 0.5) is 0 Å². The maximum atomic E-state index is 12.0. The zero-order chi connectivity index (χ0) is 19.4. The van der Waals surface area contributed by atoms with Gasteiger partial charge in [0.25, 0.3) is 0 Å². The Balaban J connectivity index is 1.97. The van der Waals surface area contributed by atoms with Gasteiger partial charge in [-0.2, -0.15) is 0 Å². The van der Waals surface area contributed by atoms with Gasteiger partial charge in [-0.25, -0.2) is 4.98 Å². The topological polar surface area (TPSA) is 46.9 Å². The number of nitrogens with one attached hydrogen (secondary N) is 1. The van der Waals surface area contributed by atoms with E-state index in [1.165, 1.54) is 17.3 Å². The van der Waals surface area contributed by atoms with Crippen LogP contribution in [-0.2, 0) is 4.79 Å². The number of amides is 1. The van der Waals surface area contributed by atoms with Gasteiger partial charge in [0.1, 0.15) is 0 Å². The first-order valence-corrected chi connectivity index (χ1v) is 10.1. The molecule has 3 rings (SSSR count). The first kappa shape index (κ1) is 19.5. The average Bonchev–Trinajstić information content (AvgIpc) is 3.04. The molecule has 2 aromatic carbocycles. The quantitative estimate of drug-likeness (QED) is 0.585. The summed E-state index contributed by atoms with van der Waals surface area (Å²) in [6.07, 6.45) is 1.85. The van der Waals surface area contributed by atoms with Gasteiger partial charge in [0, 0.05) is 22.3 Å². The molecule has 0 saturated heterocycles. The second-order valence-corrected chi connectivity index (χ2v) is 7.99. The van der Waals surface area contributed by atoms with Gasteiger partial charge < -0.3 is 5.32 Å². The first-order chi connectivity index (χ1) is 12.9. The Morgan fingerprint density at radius 2 is 1.81 bits per heavy atom. The van der Waals surface area contributed by atoms with Crippen molar-refractivity contribution in [2.45, 2.75) is 32.0 Å². The van der Waals surface area contributed by atoms with E-state index in [9.17, 15) is 4.79 Å². The first-order valence-electron chi connectivity index (χ1n) is 8.77. The van der Waals surface area contributed by atoms with Crippen molar-refractivity contribution in [3.05, 3.63) is 65.3 Å². The molecule has 0 aliphatic carbocycles. The zero-order valence-corrected chi connectivity index (χ0v) is 17.1. The van der Waals surface area contributed by atoms with Crippen molar-refractivity contribution in [3.8, 4) is 16.9 Å². The molecule has 0 bridgehead atoms. The largest absolute Gasteiger partial charge is 0.353 e. The van der Waals surface area contributed by atoms with E-state index in [0.717, 1.165) is 22.1 Å². The molecule has 3 aromatic rings. The van der Waals surface area contributed by atoms with E-state index in [2.05, 4.69) is 46.1 Å². The Labute approximate surface area is 169 Å². The Bertz CT molecular complexity index is 918. The van der Waals surface area contributed by atoms with E-state index in [1.54, 1.807) is 0 Å². The van der Waals surface area contributed by atoms with E-state index >= 15 is 0 Å². The predicted molar refractivity (Wildman–Crippen MR) is 113 cm³/mol. The van der Waals surface area contributed by atoms with Crippen LogP contribution in [0, 0.1) is 6.92 Å². The van der Waals surface area contributed by atoms with Gasteiger partial charge in [-0.15, -0.1) is 0 Å². The lowest BCUT2D eigenvalue weighted by molar-refractivity contribution is -0.119. The molecule has 0 aliphatic rings. The Kier molecular flexibility index (Phi) is 6.24. The van der Waals surface area contributed by atoms with Gasteiger partial charge in [0.2, 0.25) is 5.91 Å². The number of aromatic nitrogens is 2. The fourth-order valence-corrected chi connectivity index (χ4v) is 3.63. The van der Waals surface area contributed by atoms with Gasteiger partial charge in [-0.05, 0) is 45.0 Å². The number of benzene rings is 2. The van der Waals surface area contributed by atoms with Crippen molar-refractivity contribution in [3.63, 3.8) is 0 Å². The Morgan fingerprint density at radius 1 is 1.15 bits per heavy atom. The van der Waals surface area contributed by atoms with Crippen LogP contribution in [0.15, 0.2) is 59.9 Å². The lowest BCUT2D eigenvalue weighted by Crippen LogP contribution is -2.31. The molecular weight excluding hydrogens is 378 g/mol. The molecule has 0 atom stereocenters. The summed E-state index contributed by atoms with van der Waals surface area (Å²) in [6.45, 7) is 5.97. The molecule has 1 N–H and O–H groups in total. The molecule has 1 heterocycles. The van der Waals surface area contributed by atoms with Crippen molar-refractivity contribution in [1.82, 2.24) is 14.9 Å². The van der Waals surface area contributed by atoms with Crippen LogP contribution in [0.25, 0.3) is 16.9 Å². The number of halogens is 1. The molecule has 27 heavy (non-hydrogen) atoms. The van der Waals surface area contributed by atoms with Crippen LogP contribution >= 0.6 is 23.4 Å². The highest BCUT2D eigenvalue weighted by atomic mass is 35.5. The Morgan fingerprint density at radius 3 is 2.44 bits per heavy atom. The highest BCUT2D eigenvalue weighted by molar-refractivity contribution is 7.99. The maximum Gasteiger partial charge on any atom is 0.230 e. The van der Waals surface area contributed by atoms with Crippen molar-refractivity contribution in [1.29, 1.82) is 0 Å². The van der Waals surface area contributed by atoms with Crippen LogP contribution in [0.1, 0.15) is 19.4 Å². The molecule has 0 spiro atoms. The van der Waals surface area contributed by atoms with E-state index in [-0.39, 0.29) is 11.9 Å². The summed E-state index contributed by atoms with van der Waals surface area (Å²) in [5.74, 6) is 0.313. The van der Waals surface area contributed by atoms with Crippen molar-refractivity contribution in [2.75, 3.05) is 5.75 Å². The molecule has 1 aromatic heterocycles. The lowest BCUT2D eigenvalue weighted by atomic mass is 10.1. The summed E-state index contributed by atoms with van der Waals surface area (Å²) in [5, 5.41) is 4.36. The number of carbonyl (C=O) groups is 1. The van der Waals surface area contributed by atoms with Crippen LogP contribution in [0.3, 0.4) is 0 Å². The molecule has 1 amide bonds. The molecule has 0 fully saturated rings. The van der Waals surface area contributed by atoms with Crippen molar-refractivity contribution in [2.24, 2.45) is 0 Å². The molecule has 6 heteroatoms. The summed E-state index contributed by atoms with van der Waals surface area (Å²) in [6, 6.07) is 16.1. The van der Waals surface area contributed by atoms with E-state index in [1.807, 2.05) is 44.3 Å². The minimum absolute atomic E-state index is 0.00228. The molecule has 0 unspecified atom stereocenters. The van der Waals surface area contributed by atoms with Gasteiger partial charge >= 0.3 is 0 Å². The number of rotatable bonds is 6. The summed E-state index contributed by atoms with van der Waals surface area (Å²) >= 11 is 7.48.